The highest BCUT2D eigenvalue weighted by Crippen LogP contribution is 2.29. The van der Waals surface area contributed by atoms with Gasteiger partial charge < -0.3 is 4.90 Å². The molecule has 0 aliphatic heterocycles. The number of alkyl halides is 1. The number of benzene rings is 1. The molecule has 0 aliphatic rings. The molecular weight excluding hydrogens is 296 g/mol. The van der Waals surface area contributed by atoms with E-state index in [4.69, 9.17) is 0 Å². The molecule has 18 heavy (non-hydrogen) atoms. The Morgan fingerprint density at radius 1 is 1.50 bits per heavy atom. The van der Waals surface area contributed by atoms with Crippen LogP contribution in [0.4, 0.5) is 11.4 Å². The van der Waals surface area contributed by atoms with Gasteiger partial charge in [-0.3, -0.25) is 10.1 Å². The smallest absolute Gasteiger partial charge is 0.292 e. The molecule has 1 unspecified atom stereocenters. The van der Waals surface area contributed by atoms with Crippen molar-refractivity contribution in [3.8, 4) is 0 Å². The normalized spacial score (nSPS) is 12.2. The Balaban J connectivity index is 3.03. The first kappa shape index (κ1) is 15.0. The van der Waals surface area contributed by atoms with Gasteiger partial charge in [-0.25, -0.2) is 0 Å². The molecule has 1 aromatic carbocycles. The lowest BCUT2D eigenvalue weighted by Gasteiger charge is -2.22. The Morgan fingerprint density at radius 2 is 2.17 bits per heavy atom. The van der Waals surface area contributed by atoms with Crippen LogP contribution in [0.15, 0.2) is 18.2 Å². The first-order valence-corrected chi connectivity index (χ1v) is 7.16. The van der Waals surface area contributed by atoms with Crippen molar-refractivity contribution in [3.05, 3.63) is 33.9 Å². The molecule has 0 heterocycles. The number of rotatable bonds is 6. The molecule has 4 nitrogen and oxygen atoms in total. The van der Waals surface area contributed by atoms with Crippen molar-refractivity contribution in [2.24, 2.45) is 5.92 Å². The third kappa shape index (κ3) is 3.70. The lowest BCUT2D eigenvalue weighted by Crippen LogP contribution is -2.24. The number of nitro benzene ring substituents is 1. The number of hydrogen-bond donors (Lipinski definition) is 0. The average molecular weight is 315 g/mol. The van der Waals surface area contributed by atoms with E-state index >= 15 is 0 Å². The van der Waals surface area contributed by atoms with Crippen LogP contribution in [-0.4, -0.2) is 18.5 Å². The maximum atomic E-state index is 11.1. The van der Waals surface area contributed by atoms with Crippen LogP contribution in [0.5, 0.6) is 0 Å². The van der Waals surface area contributed by atoms with Crippen molar-refractivity contribution < 1.29 is 4.92 Å². The van der Waals surface area contributed by atoms with Crippen LogP contribution in [0.1, 0.15) is 25.8 Å². The van der Waals surface area contributed by atoms with Crippen LogP contribution >= 0.6 is 15.9 Å². The fourth-order valence-corrected chi connectivity index (χ4v) is 2.16. The minimum absolute atomic E-state index is 0.178. The van der Waals surface area contributed by atoms with Crippen LogP contribution in [0.25, 0.3) is 0 Å². The number of halogens is 1. The summed E-state index contributed by atoms with van der Waals surface area (Å²) in [6.07, 6.45) is 1.07. The van der Waals surface area contributed by atoms with Gasteiger partial charge in [0.2, 0.25) is 0 Å². The van der Waals surface area contributed by atoms with Gasteiger partial charge in [0, 0.05) is 25.0 Å². The fourth-order valence-electron chi connectivity index (χ4n) is 1.82. The van der Waals surface area contributed by atoms with Gasteiger partial charge in [0.05, 0.1) is 4.92 Å². The molecule has 0 saturated carbocycles. The standard InChI is InChI=1S/C13H19BrN2O2/c1-4-10(2)9-15(3)12-6-5-11(8-14)7-13(12)16(17)18/h5-7,10H,4,8-9H2,1-3H3. The highest BCUT2D eigenvalue weighted by Gasteiger charge is 2.18. The van der Waals surface area contributed by atoms with E-state index in [2.05, 4.69) is 29.8 Å². The third-order valence-electron chi connectivity index (χ3n) is 3.08. The van der Waals surface area contributed by atoms with E-state index < -0.39 is 0 Å². The van der Waals surface area contributed by atoms with Gasteiger partial charge in [0.1, 0.15) is 5.69 Å². The Hall–Kier alpha value is -1.10. The van der Waals surface area contributed by atoms with Crippen molar-refractivity contribution in [2.75, 3.05) is 18.5 Å². The highest BCUT2D eigenvalue weighted by molar-refractivity contribution is 9.08. The highest BCUT2D eigenvalue weighted by atomic mass is 79.9. The molecule has 1 rings (SSSR count). The van der Waals surface area contributed by atoms with Crippen LogP contribution in [0.3, 0.4) is 0 Å². The van der Waals surface area contributed by atoms with Crippen molar-refractivity contribution >= 4 is 27.3 Å². The summed E-state index contributed by atoms with van der Waals surface area (Å²) < 4.78 is 0. The lowest BCUT2D eigenvalue weighted by atomic mass is 10.1. The molecular formula is C13H19BrN2O2. The predicted molar refractivity (Wildman–Crippen MR) is 78.5 cm³/mol. The molecule has 0 aromatic heterocycles. The van der Waals surface area contributed by atoms with E-state index in [1.807, 2.05) is 24.1 Å². The maximum Gasteiger partial charge on any atom is 0.292 e. The summed E-state index contributed by atoms with van der Waals surface area (Å²) in [7, 11) is 1.91. The van der Waals surface area contributed by atoms with Gasteiger partial charge in [-0.05, 0) is 17.5 Å². The summed E-state index contributed by atoms with van der Waals surface area (Å²) in [4.78, 5) is 12.8. The van der Waals surface area contributed by atoms with E-state index in [0.717, 1.165) is 18.5 Å². The minimum Gasteiger partial charge on any atom is -0.369 e. The van der Waals surface area contributed by atoms with Crippen molar-refractivity contribution in [1.82, 2.24) is 0 Å². The molecule has 1 aromatic rings. The van der Waals surface area contributed by atoms with E-state index in [0.29, 0.717) is 16.9 Å². The second-order valence-electron chi connectivity index (χ2n) is 4.61. The number of hydrogen-bond acceptors (Lipinski definition) is 3. The summed E-state index contributed by atoms with van der Waals surface area (Å²) in [5.41, 5.74) is 1.78. The largest absolute Gasteiger partial charge is 0.369 e. The number of anilines is 1. The van der Waals surface area contributed by atoms with Crippen molar-refractivity contribution in [3.63, 3.8) is 0 Å². The van der Waals surface area contributed by atoms with Crippen molar-refractivity contribution in [2.45, 2.75) is 25.6 Å². The van der Waals surface area contributed by atoms with E-state index in [1.54, 1.807) is 6.07 Å². The fraction of sp³-hybridized carbons (Fsp3) is 0.538. The lowest BCUT2D eigenvalue weighted by molar-refractivity contribution is -0.384. The van der Waals surface area contributed by atoms with Crippen LogP contribution in [-0.2, 0) is 5.33 Å². The van der Waals surface area contributed by atoms with E-state index in [1.165, 1.54) is 0 Å². The van der Waals surface area contributed by atoms with E-state index in [-0.39, 0.29) is 10.6 Å². The SMILES string of the molecule is CCC(C)CN(C)c1ccc(CBr)cc1[N+](=O)[O-]. The quantitative estimate of drug-likeness (QED) is 0.453. The predicted octanol–water partition coefficient (Wildman–Crippen LogP) is 3.97. The molecule has 0 radical (unpaired) electrons. The zero-order valence-electron chi connectivity index (χ0n) is 11.0. The molecule has 0 saturated heterocycles. The molecule has 1 atom stereocenters. The first-order chi connectivity index (χ1) is 8.49. The zero-order valence-corrected chi connectivity index (χ0v) is 12.6. The molecule has 0 aliphatic carbocycles. The molecule has 0 spiro atoms. The third-order valence-corrected chi connectivity index (χ3v) is 3.73. The second kappa shape index (κ2) is 6.73. The Bertz CT molecular complexity index is 423. The van der Waals surface area contributed by atoms with Gasteiger partial charge in [-0.1, -0.05) is 42.3 Å². The number of nitro groups is 1. The molecule has 100 valence electrons. The van der Waals surface area contributed by atoms with Crippen LogP contribution in [0, 0.1) is 16.0 Å². The second-order valence-corrected chi connectivity index (χ2v) is 5.17. The zero-order chi connectivity index (χ0) is 13.7. The van der Waals surface area contributed by atoms with Gasteiger partial charge in [-0.15, -0.1) is 0 Å². The minimum atomic E-state index is -0.311. The van der Waals surface area contributed by atoms with Crippen molar-refractivity contribution in [1.29, 1.82) is 0 Å². The topological polar surface area (TPSA) is 46.4 Å². The monoisotopic (exact) mass is 314 g/mol. The average Bonchev–Trinajstić information content (AvgIpc) is 2.37. The summed E-state index contributed by atoms with van der Waals surface area (Å²) in [6, 6.07) is 5.39. The Labute approximate surface area is 116 Å². The molecule has 0 bridgehead atoms. The molecule has 0 N–H and O–H groups in total. The summed E-state index contributed by atoms with van der Waals surface area (Å²) in [5.74, 6) is 0.519. The van der Waals surface area contributed by atoms with Gasteiger partial charge in [0.25, 0.3) is 5.69 Å². The maximum absolute atomic E-state index is 11.1. The number of nitrogens with zero attached hydrogens (tertiary/aromatic N) is 2. The van der Waals surface area contributed by atoms with Gasteiger partial charge in [-0.2, -0.15) is 0 Å². The van der Waals surface area contributed by atoms with Gasteiger partial charge >= 0.3 is 0 Å². The molecule has 0 fully saturated rings. The summed E-state index contributed by atoms with van der Waals surface area (Å²) in [6.45, 7) is 5.10. The van der Waals surface area contributed by atoms with Crippen LogP contribution < -0.4 is 4.90 Å². The van der Waals surface area contributed by atoms with Crippen LogP contribution in [0.2, 0.25) is 0 Å². The Morgan fingerprint density at radius 3 is 2.67 bits per heavy atom. The Kier molecular flexibility index (Phi) is 5.59. The van der Waals surface area contributed by atoms with Gasteiger partial charge in [0.15, 0.2) is 0 Å². The first-order valence-electron chi connectivity index (χ1n) is 6.04. The van der Waals surface area contributed by atoms with E-state index in [9.17, 15) is 10.1 Å². The molecule has 0 amide bonds. The summed E-state index contributed by atoms with van der Waals surface area (Å²) in [5, 5.41) is 11.7. The summed E-state index contributed by atoms with van der Waals surface area (Å²) >= 11 is 3.32. The molecule has 5 heteroatoms.